The summed E-state index contributed by atoms with van der Waals surface area (Å²) in [5.41, 5.74) is 3.45. The predicted molar refractivity (Wildman–Crippen MR) is 92.5 cm³/mol. The van der Waals surface area contributed by atoms with Crippen LogP contribution in [0.1, 0.15) is 31.9 Å². The summed E-state index contributed by atoms with van der Waals surface area (Å²) in [5.74, 6) is -0.741. The van der Waals surface area contributed by atoms with Crippen LogP contribution in [-0.4, -0.2) is 54.3 Å². The van der Waals surface area contributed by atoms with E-state index in [9.17, 15) is 14.8 Å². The largest absolute Gasteiger partial charge is 0.467 e. The van der Waals surface area contributed by atoms with Gasteiger partial charge >= 0.3 is 12.1 Å². The summed E-state index contributed by atoms with van der Waals surface area (Å²) in [6, 6.07) is 5.95. The van der Waals surface area contributed by atoms with Gasteiger partial charge in [-0.2, -0.15) is 10.2 Å². The Balaban J connectivity index is 2.91. The van der Waals surface area contributed by atoms with Crippen molar-refractivity contribution < 1.29 is 24.3 Å². The van der Waals surface area contributed by atoms with Crippen molar-refractivity contribution in [1.82, 2.24) is 10.5 Å². The first kappa shape index (κ1) is 20.4. The summed E-state index contributed by atoms with van der Waals surface area (Å²) in [5, 5.41) is 14.3. The van der Waals surface area contributed by atoms with Crippen molar-refractivity contribution in [1.29, 1.82) is 0 Å². The van der Waals surface area contributed by atoms with Crippen LogP contribution in [0.25, 0.3) is 0 Å². The van der Waals surface area contributed by atoms with Crippen molar-refractivity contribution in [2.24, 2.45) is 5.10 Å². The van der Waals surface area contributed by atoms with Gasteiger partial charge in [0.25, 0.3) is 0 Å². The number of methoxy groups -OCH3 is 1. The number of benzene rings is 1. The fourth-order valence-corrected chi connectivity index (χ4v) is 1.94. The molecule has 138 valence electrons. The van der Waals surface area contributed by atoms with Crippen LogP contribution >= 0.6 is 0 Å². The lowest BCUT2D eigenvalue weighted by atomic mass is 10.0. The van der Waals surface area contributed by atoms with Gasteiger partial charge in [0.2, 0.25) is 0 Å². The van der Waals surface area contributed by atoms with Crippen LogP contribution in [0.5, 0.6) is 0 Å². The zero-order valence-electron chi connectivity index (χ0n) is 15.1. The minimum Gasteiger partial charge on any atom is -0.467 e. The van der Waals surface area contributed by atoms with Gasteiger partial charge in [-0.05, 0) is 31.9 Å². The first-order valence-corrected chi connectivity index (χ1v) is 7.75. The number of nitrogens with one attached hydrogen (secondary N) is 1. The van der Waals surface area contributed by atoms with E-state index in [0.29, 0.717) is 0 Å². The van der Waals surface area contributed by atoms with Gasteiger partial charge < -0.3 is 14.9 Å². The molecular weight excluding hydrogens is 326 g/mol. The van der Waals surface area contributed by atoms with E-state index in [1.54, 1.807) is 58.3 Å². The van der Waals surface area contributed by atoms with E-state index in [4.69, 9.17) is 4.74 Å². The number of ether oxygens (including phenoxy) is 2. The van der Waals surface area contributed by atoms with E-state index in [1.165, 1.54) is 7.11 Å². The molecule has 25 heavy (non-hydrogen) atoms. The molecule has 1 unspecified atom stereocenters. The zero-order valence-corrected chi connectivity index (χ0v) is 15.1. The molecular formula is C17H25N3O5. The number of nitrogens with zero attached hydrogens (tertiary/aromatic N) is 2. The highest BCUT2D eigenvalue weighted by Gasteiger charge is 2.33. The maximum absolute atomic E-state index is 12.0. The zero-order chi connectivity index (χ0) is 19.0. The number of esters is 1. The second-order valence-corrected chi connectivity index (χ2v) is 6.29. The lowest BCUT2D eigenvalue weighted by Crippen LogP contribution is -2.46. The molecule has 1 aromatic rings. The molecule has 2 N–H and O–H groups in total. The molecule has 8 nitrogen and oxygen atoms in total. The van der Waals surface area contributed by atoms with E-state index in [2.05, 4.69) is 15.3 Å². The molecule has 0 radical (unpaired) electrons. The molecule has 0 fully saturated rings. The molecule has 0 aliphatic rings. The summed E-state index contributed by atoms with van der Waals surface area (Å²) < 4.78 is 9.77. The van der Waals surface area contributed by atoms with E-state index in [1.807, 2.05) is 0 Å². The van der Waals surface area contributed by atoms with Crippen molar-refractivity contribution in [2.45, 2.75) is 38.8 Å². The second-order valence-electron chi connectivity index (χ2n) is 6.29. The minimum absolute atomic E-state index is 0.0753. The Hall–Kier alpha value is -2.61. The third-order valence-electron chi connectivity index (χ3n) is 3.10. The Morgan fingerprint density at radius 1 is 1.32 bits per heavy atom. The molecule has 1 aromatic carbocycles. The quantitative estimate of drug-likeness (QED) is 0.352. The highest BCUT2D eigenvalue weighted by Crippen LogP contribution is 2.15. The number of rotatable bonds is 6. The van der Waals surface area contributed by atoms with Crippen molar-refractivity contribution in [3.05, 3.63) is 35.4 Å². The Labute approximate surface area is 147 Å². The molecule has 0 aliphatic heterocycles. The lowest BCUT2D eigenvalue weighted by molar-refractivity contribution is -0.167. The van der Waals surface area contributed by atoms with Crippen molar-refractivity contribution in [3.8, 4) is 0 Å². The second kappa shape index (κ2) is 9.03. The average Bonchev–Trinajstić information content (AvgIpc) is 2.56. The summed E-state index contributed by atoms with van der Waals surface area (Å²) in [4.78, 5) is 24.0. The number of hydroxylamine groups is 2. The molecule has 0 spiro atoms. The summed E-state index contributed by atoms with van der Waals surface area (Å²) in [6.45, 7) is 4.99. The molecule has 1 atom stereocenters. The standard InChI is InChI=1S/C17H25N3O5/c1-17(2,3)25-16(22)20(23)14(15(21)24-5)10-12-6-8-13(9-7-12)11-19-18-4/h6-9,11,14,18,23H,10H2,1-5H3/b19-11+. The summed E-state index contributed by atoms with van der Waals surface area (Å²) in [6.07, 6.45) is 0.701. The highest BCUT2D eigenvalue weighted by atomic mass is 16.6. The average molecular weight is 351 g/mol. The van der Waals surface area contributed by atoms with Crippen LogP contribution in [0.4, 0.5) is 4.79 Å². The van der Waals surface area contributed by atoms with Crippen LogP contribution in [-0.2, 0) is 20.7 Å². The number of hydrogen-bond acceptors (Lipinski definition) is 7. The van der Waals surface area contributed by atoms with Gasteiger partial charge in [-0.15, -0.1) is 0 Å². The fourth-order valence-electron chi connectivity index (χ4n) is 1.94. The first-order chi connectivity index (χ1) is 11.7. The van der Waals surface area contributed by atoms with Crippen LogP contribution in [0, 0.1) is 0 Å². The summed E-state index contributed by atoms with van der Waals surface area (Å²) >= 11 is 0. The lowest BCUT2D eigenvalue weighted by Gasteiger charge is -2.27. The number of carbonyl (C=O) groups is 2. The molecule has 0 heterocycles. The molecule has 0 saturated heterocycles. The normalized spacial score (nSPS) is 12.6. The smallest absolute Gasteiger partial charge is 0.435 e. The third-order valence-corrected chi connectivity index (χ3v) is 3.10. The van der Waals surface area contributed by atoms with Gasteiger partial charge in [0.15, 0.2) is 6.04 Å². The van der Waals surface area contributed by atoms with Gasteiger partial charge in [-0.3, -0.25) is 5.21 Å². The Morgan fingerprint density at radius 3 is 2.40 bits per heavy atom. The maximum Gasteiger partial charge on any atom is 0.435 e. The molecule has 1 rings (SSSR count). The van der Waals surface area contributed by atoms with Crippen LogP contribution in [0.2, 0.25) is 0 Å². The fraction of sp³-hybridized carbons (Fsp3) is 0.471. The topological polar surface area (TPSA) is 100 Å². The molecule has 0 aromatic heterocycles. The van der Waals surface area contributed by atoms with Crippen LogP contribution in [0.3, 0.4) is 0 Å². The Kier molecular flexibility index (Phi) is 7.38. The van der Waals surface area contributed by atoms with Crippen molar-refractivity contribution in [3.63, 3.8) is 0 Å². The number of amides is 1. The molecule has 0 saturated carbocycles. The number of hydrazone groups is 1. The van der Waals surface area contributed by atoms with Gasteiger partial charge in [0.1, 0.15) is 5.60 Å². The molecule has 8 heteroatoms. The SMILES string of the molecule is CN/N=C/c1ccc(CC(C(=O)OC)N(O)C(=O)OC(C)(C)C)cc1. The molecule has 1 amide bonds. The van der Waals surface area contributed by atoms with Gasteiger partial charge in [0.05, 0.1) is 13.3 Å². The number of carbonyl (C=O) groups excluding carboxylic acids is 2. The van der Waals surface area contributed by atoms with E-state index < -0.39 is 23.7 Å². The van der Waals surface area contributed by atoms with Gasteiger partial charge in [-0.1, -0.05) is 24.3 Å². The molecule has 0 aliphatic carbocycles. The highest BCUT2D eigenvalue weighted by molar-refractivity contribution is 5.81. The van der Waals surface area contributed by atoms with Crippen molar-refractivity contribution in [2.75, 3.05) is 14.2 Å². The van der Waals surface area contributed by atoms with E-state index >= 15 is 0 Å². The maximum atomic E-state index is 12.0. The number of hydrogen-bond donors (Lipinski definition) is 2. The summed E-state index contributed by atoms with van der Waals surface area (Å²) in [7, 11) is 2.88. The monoisotopic (exact) mass is 351 g/mol. The van der Waals surface area contributed by atoms with Gasteiger partial charge in [0, 0.05) is 13.5 Å². The molecule has 0 bridgehead atoms. The first-order valence-electron chi connectivity index (χ1n) is 7.75. The van der Waals surface area contributed by atoms with Crippen molar-refractivity contribution >= 4 is 18.3 Å². The van der Waals surface area contributed by atoms with E-state index in [-0.39, 0.29) is 11.5 Å². The van der Waals surface area contributed by atoms with Crippen LogP contribution in [0.15, 0.2) is 29.4 Å². The third kappa shape index (κ3) is 6.80. The van der Waals surface area contributed by atoms with E-state index in [0.717, 1.165) is 11.1 Å². The van der Waals surface area contributed by atoms with Gasteiger partial charge in [-0.25, -0.2) is 9.59 Å². The minimum atomic E-state index is -1.21. The van der Waals surface area contributed by atoms with Crippen LogP contribution < -0.4 is 5.43 Å². The Bertz CT molecular complexity index is 608. The Morgan fingerprint density at radius 2 is 1.92 bits per heavy atom. The predicted octanol–water partition coefficient (Wildman–Crippen LogP) is 1.95.